The van der Waals surface area contributed by atoms with Gasteiger partial charge in [-0.05, 0) is 6.07 Å². The van der Waals surface area contributed by atoms with Gasteiger partial charge in [0.05, 0.1) is 12.7 Å². The summed E-state index contributed by atoms with van der Waals surface area (Å²) in [5.74, 6) is 1.02. The molecular weight excluding hydrogens is 320 g/mol. The SMILES string of the molecule is COc1ccccc1C(NC(=O)c1cc[n+]([O-])cc1)c1nccn1C. The molecule has 7 heteroatoms. The zero-order chi connectivity index (χ0) is 17.8. The Balaban J connectivity index is 1.99. The number of methoxy groups -OCH3 is 1. The normalized spacial score (nSPS) is 11.8. The molecule has 1 N–H and O–H groups in total. The molecule has 1 aromatic carbocycles. The molecule has 25 heavy (non-hydrogen) atoms. The maximum atomic E-state index is 12.6. The second kappa shape index (κ2) is 7.04. The quantitative estimate of drug-likeness (QED) is 0.565. The van der Waals surface area contributed by atoms with Gasteiger partial charge in [0.1, 0.15) is 17.6 Å². The van der Waals surface area contributed by atoms with Crippen LogP contribution in [0.2, 0.25) is 0 Å². The lowest BCUT2D eigenvalue weighted by atomic mass is 10.0. The summed E-state index contributed by atoms with van der Waals surface area (Å²) < 4.78 is 7.91. The van der Waals surface area contributed by atoms with E-state index >= 15 is 0 Å². The Morgan fingerprint density at radius 2 is 2.00 bits per heavy atom. The molecule has 0 aliphatic rings. The van der Waals surface area contributed by atoms with E-state index < -0.39 is 6.04 Å². The zero-order valence-electron chi connectivity index (χ0n) is 13.9. The van der Waals surface area contributed by atoms with E-state index in [2.05, 4.69) is 10.3 Å². The molecule has 0 bridgehead atoms. The van der Waals surface area contributed by atoms with E-state index in [0.717, 1.165) is 5.56 Å². The highest BCUT2D eigenvalue weighted by molar-refractivity contribution is 5.94. The van der Waals surface area contributed by atoms with Gasteiger partial charge in [-0.3, -0.25) is 4.79 Å². The van der Waals surface area contributed by atoms with Crippen LogP contribution in [-0.2, 0) is 7.05 Å². The molecule has 0 saturated heterocycles. The summed E-state index contributed by atoms with van der Waals surface area (Å²) in [5.41, 5.74) is 1.18. The Morgan fingerprint density at radius 3 is 2.64 bits per heavy atom. The summed E-state index contributed by atoms with van der Waals surface area (Å²) in [7, 11) is 3.44. The largest absolute Gasteiger partial charge is 0.619 e. The lowest BCUT2D eigenvalue weighted by Gasteiger charge is -2.21. The predicted octanol–water partition coefficient (Wildman–Crippen LogP) is 1.58. The Hall–Kier alpha value is -3.35. The highest BCUT2D eigenvalue weighted by atomic mass is 16.5. The van der Waals surface area contributed by atoms with Crippen molar-refractivity contribution in [3.05, 3.63) is 83.3 Å². The Bertz CT molecular complexity index is 874. The van der Waals surface area contributed by atoms with Crippen molar-refractivity contribution in [1.82, 2.24) is 14.9 Å². The fourth-order valence-electron chi connectivity index (χ4n) is 2.62. The van der Waals surface area contributed by atoms with Gasteiger partial charge in [0, 0.05) is 37.1 Å². The summed E-state index contributed by atoms with van der Waals surface area (Å²) in [6.07, 6.45) is 6.06. The third kappa shape index (κ3) is 3.45. The fraction of sp³-hybridized carbons (Fsp3) is 0.167. The molecule has 0 saturated carbocycles. The van der Waals surface area contributed by atoms with Crippen molar-refractivity contribution in [3.8, 4) is 5.75 Å². The monoisotopic (exact) mass is 338 g/mol. The zero-order valence-corrected chi connectivity index (χ0v) is 13.9. The minimum atomic E-state index is -0.497. The van der Waals surface area contributed by atoms with E-state index in [0.29, 0.717) is 21.9 Å². The number of aryl methyl sites for hydroxylation is 1. The number of aromatic nitrogens is 3. The van der Waals surface area contributed by atoms with Gasteiger partial charge in [-0.2, -0.15) is 4.73 Å². The van der Waals surface area contributed by atoms with Crippen LogP contribution in [0.1, 0.15) is 27.8 Å². The molecule has 0 aliphatic carbocycles. The van der Waals surface area contributed by atoms with Gasteiger partial charge < -0.3 is 19.8 Å². The molecule has 2 aromatic heterocycles. The van der Waals surface area contributed by atoms with E-state index in [1.807, 2.05) is 42.1 Å². The maximum absolute atomic E-state index is 12.6. The van der Waals surface area contributed by atoms with Crippen LogP contribution < -0.4 is 14.8 Å². The molecule has 0 radical (unpaired) electrons. The number of hydrogen-bond donors (Lipinski definition) is 1. The molecule has 3 rings (SSSR count). The van der Waals surface area contributed by atoms with Crippen LogP contribution in [0.15, 0.2) is 61.2 Å². The second-order valence-corrected chi connectivity index (χ2v) is 5.49. The molecule has 2 heterocycles. The predicted molar refractivity (Wildman–Crippen MR) is 90.9 cm³/mol. The number of ether oxygens (including phenoxy) is 1. The summed E-state index contributed by atoms with van der Waals surface area (Å²) in [6, 6.07) is 9.91. The minimum Gasteiger partial charge on any atom is -0.619 e. The van der Waals surface area contributed by atoms with Crippen molar-refractivity contribution in [2.24, 2.45) is 7.05 Å². The molecule has 0 aliphatic heterocycles. The van der Waals surface area contributed by atoms with Gasteiger partial charge in [0.25, 0.3) is 5.91 Å². The van der Waals surface area contributed by atoms with Crippen molar-refractivity contribution in [1.29, 1.82) is 0 Å². The number of nitrogens with zero attached hydrogens (tertiary/aromatic N) is 3. The highest BCUT2D eigenvalue weighted by Crippen LogP contribution is 2.29. The summed E-state index contributed by atoms with van der Waals surface area (Å²) in [5, 5.41) is 14.1. The van der Waals surface area contributed by atoms with Crippen LogP contribution in [0.3, 0.4) is 0 Å². The first-order valence-electron chi connectivity index (χ1n) is 7.70. The van der Waals surface area contributed by atoms with Crippen LogP contribution in [-0.4, -0.2) is 22.6 Å². The van der Waals surface area contributed by atoms with Gasteiger partial charge in [-0.1, -0.05) is 18.2 Å². The summed E-state index contributed by atoms with van der Waals surface area (Å²) in [4.78, 5) is 17.0. The van der Waals surface area contributed by atoms with Crippen LogP contribution >= 0.6 is 0 Å². The number of imidazole rings is 1. The Labute approximate surface area is 145 Å². The number of pyridine rings is 1. The molecule has 7 nitrogen and oxygen atoms in total. The second-order valence-electron chi connectivity index (χ2n) is 5.49. The average molecular weight is 338 g/mol. The topological polar surface area (TPSA) is 83.1 Å². The van der Waals surface area contributed by atoms with Crippen LogP contribution in [0.5, 0.6) is 5.75 Å². The van der Waals surface area contributed by atoms with Crippen molar-refractivity contribution >= 4 is 5.91 Å². The van der Waals surface area contributed by atoms with Crippen molar-refractivity contribution in [2.45, 2.75) is 6.04 Å². The van der Waals surface area contributed by atoms with E-state index in [1.54, 1.807) is 13.3 Å². The standard InChI is InChI=1S/C18H18N4O3/c1-21-12-9-19-17(21)16(14-5-3-4-6-15(14)25-2)20-18(23)13-7-10-22(24)11-8-13/h3-12,16H,1-2H3,(H,20,23). The number of hydrogen-bond acceptors (Lipinski definition) is 4. The van der Waals surface area contributed by atoms with Crippen molar-refractivity contribution in [3.63, 3.8) is 0 Å². The number of carbonyl (C=O) groups is 1. The molecular formula is C18H18N4O3. The highest BCUT2D eigenvalue weighted by Gasteiger charge is 2.24. The Morgan fingerprint density at radius 1 is 1.28 bits per heavy atom. The van der Waals surface area contributed by atoms with Crippen LogP contribution in [0.4, 0.5) is 0 Å². The van der Waals surface area contributed by atoms with E-state index in [4.69, 9.17) is 4.74 Å². The van der Waals surface area contributed by atoms with E-state index in [1.165, 1.54) is 24.5 Å². The summed E-state index contributed by atoms with van der Waals surface area (Å²) in [6.45, 7) is 0. The molecule has 1 amide bonds. The lowest BCUT2D eigenvalue weighted by Crippen LogP contribution is -2.32. The first-order chi connectivity index (χ1) is 12.1. The maximum Gasteiger partial charge on any atom is 0.252 e. The Kier molecular flexibility index (Phi) is 4.65. The average Bonchev–Trinajstić information content (AvgIpc) is 3.06. The van der Waals surface area contributed by atoms with Crippen molar-refractivity contribution < 1.29 is 14.3 Å². The number of benzene rings is 1. The fourth-order valence-corrected chi connectivity index (χ4v) is 2.62. The third-order valence-corrected chi connectivity index (χ3v) is 3.91. The molecule has 0 fully saturated rings. The molecule has 3 aromatic rings. The van der Waals surface area contributed by atoms with Crippen LogP contribution in [0, 0.1) is 5.21 Å². The number of carbonyl (C=O) groups excluding carboxylic acids is 1. The minimum absolute atomic E-state index is 0.306. The van der Waals surface area contributed by atoms with Gasteiger partial charge in [-0.25, -0.2) is 4.98 Å². The van der Waals surface area contributed by atoms with Gasteiger partial charge in [0.15, 0.2) is 12.4 Å². The smallest absolute Gasteiger partial charge is 0.252 e. The number of nitrogens with one attached hydrogen (secondary N) is 1. The first-order valence-corrected chi connectivity index (χ1v) is 7.70. The lowest BCUT2D eigenvalue weighted by molar-refractivity contribution is -0.605. The van der Waals surface area contributed by atoms with Gasteiger partial charge in [0.2, 0.25) is 0 Å². The van der Waals surface area contributed by atoms with Gasteiger partial charge >= 0.3 is 0 Å². The molecule has 0 spiro atoms. The van der Waals surface area contributed by atoms with E-state index in [9.17, 15) is 10.0 Å². The van der Waals surface area contributed by atoms with Crippen LogP contribution in [0.25, 0.3) is 0 Å². The molecule has 1 unspecified atom stereocenters. The molecule has 1 atom stereocenters. The van der Waals surface area contributed by atoms with Gasteiger partial charge in [-0.15, -0.1) is 0 Å². The number of amides is 1. The van der Waals surface area contributed by atoms with E-state index in [-0.39, 0.29) is 5.91 Å². The summed E-state index contributed by atoms with van der Waals surface area (Å²) >= 11 is 0. The molecule has 128 valence electrons. The number of rotatable bonds is 5. The van der Waals surface area contributed by atoms with Crippen molar-refractivity contribution in [2.75, 3.05) is 7.11 Å². The number of para-hydroxylation sites is 1. The first kappa shape index (κ1) is 16.5. The third-order valence-electron chi connectivity index (χ3n) is 3.91.